The molecule has 27 heavy (non-hydrogen) atoms. The molecule has 0 aliphatic carbocycles. The van der Waals surface area contributed by atoms with E-state index >= 15 is 0 Å². The zero-order chi connectivity index (χ0) is 19.3. The minimum absolute atomic E-state index is 0.0905. The molecule has 0 saturated carbocycles. The highest BCUT2D eigenvalue weighted by Gasteiger charge is 2.22. The number of sulfonamides is 1. The van der Waals surface area contributed by atoms with E-state index in [1.165, 1.54) is 0 Å². The first kappa shape index (κ1) is 19.2. The van der Waals surface area contributed by atoms with Crippen LogP contribution in [0.5, 0.6) is 11.5 Å². The van der Waals surface area contributed by atoms with Gasteiger partial charge in [0.05, 0.1) is 11.8 Å². The number of nitrogens with one attached hydrogen (secondary N) is 1. The summed E-state index contributed by atoms with van der Waals surface area (Å²) in [5, 5.41) is 0. The van der Waals surface area contributed by atoms with Crippen molar-refractivity contribution in [1.29, 1.82) is 0 Å². The third-order valence-corrected chi connectivity index (χ3v) is 4.66. The largest absolute Gasteiger partial charge is 0.486 e. The molecule has 1 heterocycles. The van der Waals surface area contributed by atoms with Crippen molar-refractivity contribution < 1.29 is 27.4 Å². The molecule has 0 saturated heterocycles. The van der Waals surface area contributed by atoms with Gasteiger partial charge >= 0.3 is 5.97 Å². The molecule has 1 unspecified atom stereocenters. The summed E-state index contributed by atoms with van der Waals surface area (Å²) in [5.41, 5.74) is 1.34. The number of carbonyl (C=O) groups excluding carboxylic acids is 1. The maximum atomic E-state index is 12.2. The molecule has 1 aliphatic heterocycles. The molecule has 2 aromatic carbocycles. The molecule has 144 valence electrons. The highest BCUT2D eigenvalue weighted by molar-refractivity contribution is 7.88. The summed E-state index contributed by atoms with van der Waals surface area (Å²) in [5.74, 6) is 0.871. The fourth-order valence-electron chi connectivity index (χ4n) is 2.59. The molecule has 0 radical (unpaired) electrons. The van der Waals surface area contributed by atoms with Crippen LogP contribution in [-0.4, -0.2) is 46.5 Å². The molecular formula is C19H21NO6S. The van der Waals surface area contributed by atoms with E-state index in [0.29, 0.717) is 36.6 Å². The van der Waals surface area contributed by atoms with E-state index in [0.717, 1.165) is 11.8 Å². The molecule has 0 fully saturated rings. The molecule has 8 heteroatoms. The van der Waals surface area contributed by atoms with Crippen molar-refractivity contribution in [3.8, 4) is 11.5 Å². The topological polar surface area (TPSA) is 90.9 Å². The van der Waals surface area contributed by atoms with Crippen LogP contribution in [0.25, 0.3) is 0 Å². The second kappa shape index (κ2) is 8.41. The molecule has 0 spiro atoms. The number of rotatable bonds is 7. The van der Waals surface area contributed by atoms with Gasteiger partial charge in [0.15, 0.2) is 17.6 Å². The van der Waals surface area contributed by atoms with Crippen LogP contribution < -0.4 is 14.2 Å². The Balaban J connectivity index is 1.47. The molecule has 0 amide bonds. The van der Waals surface area contributed by atoms with E-state index in [1.807, 2.05) is 18.2 Å². The predicted octanol–water partition coefficient (Wildman–Crippen LogP) is 1.78. The molecule has 0 aromatic heterocycles. The first-order valence-electron chi connectivity index (χ1n) is 8.50. The fraction of sp³-hybridized carbons (Fsp3) is 0.316. The van der Waals surface area contributed by atoms with E-state index in [9.17, 15) is 13.2 Å². The summed E-state index contributed by atoms with van der Waals surface area (Å²) in [6, 6.07) is 14.2. The number of hydrogen-bond acceptors (Lipinski definition) is 6. The second-order valence-electron chi connectivity index (χ2n) is 6.21. The number of para-hydroxylation sites is 2. The minimum atomic E-state index is -3.20. The Morgan fingerprint density at radius 3 is 2.56 bits per heavy atom. The summed E-state index contributed by atoms with van der Waals surface area (Å²) in [6.07, 6.45) is 1.30. The number of hydrogen-bond donors (Lipinski definition) is 1. The lowest BCUT2D eigenvalue weighted by Crippen LogP contribution is -2.34. The monoisotopic (exact) mass is 391 g/mol. The lowest BCUT2D eigenvalue weighted by molar-refractivity contribution is 0.0110. The second-order valence-corrected chi connectivity index (χ2v) is 8.04. The average molecular weight is 391 g/mol. The number of fused-ring (bicyclic) bond motifs is 1. The van der Waals surface area contributed by atoms with Gasteiger partial charge < -0.3 is 14.2 Å². The van der Waals surface area contributed by atoms with E-state index in [4.69, 9.17) is 14.2 Å². The summed E-state index contributed by atoms with van der Waals surface area (Å²) >= 11 is 0. The van der Waals surface area contributed by atoms with Crippen LogP contribution in [0.4, 0.5) is 0 Å². The standard InChI is InChI=1S/C19H21NO6S/c1-27(22,23)20-11-10-14-6-8-15(9-7-14)19(21)25-13-16-12-24-17-4-2-3-5-18(17)26-16/h2-9,16,20H,10-13H2,1H3. The third-order valence-electron chi connectivity index (χ3n) is 3.94. The molecular weight excluding hydrogens is 370 g/mol. The van der Waals surface area contributed by atoms with Gasteiger partial charge in [-0.1, -0.05) is 24.3 Å². The number of esters is 1. The van der Waals surface area contributed by atoms with Gasteiger partial charge in [0.25, 0.3) is 0 Å². The molecule has 1 atom stereocenters. The first-order valence-corrected chi connectivity index (χ1v) is 10.4. The van der Waals surface area contributed by atoms with Gasteiger partial charge in [-0.05, 0) is 36.2 Å². The van der Waals surface area contributed by atoms with Crippen LogP contribution in [0.1, 0.15) is 15.9 Å². The Morgan fingerprint density at radius 2 is 1.85 bits per heavy atom. The summed E-state index contributed by atoms with van der Waals surface area (Å²) in [7, 11) is -3.20. The summed E-state index contributed by atoms with van der Waals surface area (Å²) in [4.78, 5) is 12.2. The minimum Gasteiger partial charge on any atom is -0.486 e. The van der Waals surface area contributed by atoms with Gasteiger partial charge in [0.1, 0.15) is 13.2 Å². The van der Waals surface area contributed by atoms with Crippen molar-refractivity contribution in [2.45, 2.75) is 12.5 Å². The smallest absolute Gasteiger partial charge is 0.338 e. The van der Waals surface area contributed by atoms with Crippen LogP contribution >= 0.6 is 0 Å². The van der Waals surface area contributed by atoms with Gasteiger partial charge in [0.2, 0.25) is 10.0 Å². The molecule has 3 rings (SSSR count). The molecule has 1 N–H and O–H groups in total. The van der Waals surface area contributed by atoms with Crippen molar-refractivity contribution in [3.63, 3.8) is 0 Å². The predicted molar refractivity (Wildman–Crippen MR) is 99.6 cm³/mol. The highest BCUT2D eigenvalue weighted by atomic mass is 32.2. The van der Waals surface area contributed by atoms with Crippen LogP contribution in [0.2, 0.25) is 0 Å². The third kappa shape index (κ3) is 5.70. The van der Waals surface area contributed by atoms with E-state index in [-0.39, 0.29) is 12.7 Å². The Hall–Kier alpha value is -2.58. The van der Waals surface area contributed by atoms with Crippen LogP contribution in [0.15, 0.2) is 48.5 Å². The fourth-order valence-corrected chi connectivity index (χ4v) is 3.06. The van der Waals surface area contributed by atoms with Gasteiger partial charge in [0, 0.05) is 6.54 Å². The van der Waals surface area contributed by atoms with Gasteiger partial charge in [-0.2, -0.15) is 0 Å². The van der Waals surface area contributed by atoms with Gasteiger partial charge in [-0.3, -0.25) is 0 Å². The quantitative estimate of drug-likeness (QED) is 0.724. The van der Waals surface area contributed by atoms with Crippen molar-refractivity contribution >= 4 is 16.0 Å². The van der Waals surface area contributed by atoms with Crippen molar-refractivity contribution in [2.75, 3.05) is 26.0 Å². The van der Waals surface area contributed by atoms with Crippen LogP contribution in [-0.2, 0) is 21.2 Å². The van der Waals surface area contributed by atoms with E-state index in [1.54, 1.807) is 30.3 Å². The lowest BCUT2D eigenvalue weighted by atomic mass is 10.1. The lowest BCUT2D eigenvalue weighted by Gasteiger charge is -2.26. The van der Waals surface area contributed by atoms with Crippen LogP contribution in [0, 0.1) is 0 Å². The molecule has 1 aliphatic rings. The SMILES string of the molecule is CS(=O)(=O)NCCc1ccc(C(=O)OCC2COc3ccccc3O2)cc1. The van der Waals surface area contributed by atoms with Crippen LogP contribution in [0.3, 0.4) is 0 Å². The Bertz CT molecular complexity index is 895. The van der Waals surface area contributed by atoms with Crippen molar-refractivity contribution in [3.05, 3.63) is 59.7 Å². The highest BCUT2D eigenvalue weighted by Crippen LogP contribution is 2.30. The number of ether oxygens (including phenoxy) is 3. The summed E-state index contributed by atoms with van der Waals surface area (Å²) in [6.45, 7) is 0.715. The maximum absolute atomic E-state index is 12.2. The molecule has 7 nitrogen and oxygen atoms in total. The van der Waals surface area contributed by atoms with E-state index < -0.39 is 16.0 Å². The molecule has 2 aromatic rings. The Kier molecular flexibility index (Phi) is 5.98. The Morgan fingerprint density at radius 1 is 1.15 bits per heavy atom. The summed E-state index contributed by atoms with van der Waals surface area (Å²) < 4.78 is 41.2. The number of benzene rings is 2. The van der Waals surface area contributed by atoms with Gasteiger partial charge in [-0.25, -0.2) is 17.9 Å². The van der Waals surface area contributed by atoms with Crippen molar-refractivity contribution in [2.24, 2.45) is 0 Å². The number of carbonyl (C=O) groups is 1. The first-order chi connectivity index (χ1) is 12.9. The Labute approximate surface area is 158 Å². The average Bonchev–Trinajstić information content (AvgIpc) is 2.65. The van der Waals surface area contributed by atoms with Gasteiger partial charge in [-0.15, -0.1) is 0 Å². The normalized spacial score (nSPS) is 16.0. The molecule has 0 bridgehead atoms. The zero-order valence-electron chi connectivity index (χ0n) is 14.9. The zero-order valence-corrected chi connectivity index (χ0v) is 15.7. The van der Waals surface area contributed by atoms with E-state index in [2.05, 4.69) is 4.72 Å². The maximum Gasteiger partial charge on any atom is 0.338 e. The van der Waals surface area contributed by atoms with Crippen molar-refractivity contribution in [1.82, 2.24) is 4.72 Å².